The number of hydrogen-bond donors (Lipinski definition) is 2. The Balaban J connectivity index is 1.85. The molecule has 1 atom stereocenters. The molecule has 0 spiro atoms. The molecule has 0 amide bonds. The van der Waals surface area contributed by atoms with Crippen LogP contribution in [0.2, 0.25) is 0 Å². The van der Waals surface area contributed by atoms with Crippen molar-refractivity contribution in [1.82, 2.24) is 14.5 Å². The monoisotopic (exact) mass is 379 g/mol. The molecule has 0 unspecified atom stereocenters. The summed E-state index contributed by atoms with van der Waals surface area (Å²) in [5, 5.41) is 10.0. The van der Waals surface area contributed by atoms with Crippen molar-refractivity contribution >= 4 is 16.7 Å². The van der Waals surface area contributed by atoms with E-state index in [1.807, 2.05) is 18.2 Å². The molecule has 2 aromatic heterocycles. The Kier molecular flexibility index (Phi) is 5.11. The minimum absolute atomic E-state index is 0.107. The van der Waals surface area contributed by atoms with Gasteiger partial charge < -0.3 is 20.3 Å². The largest absolute Gasteiger partial charge is 0.396 e. The first-order valence-electron chi connectivity index (χ1n) is 9.62. The highest BCUT2D eigenvalue weighted by Crippen LogP contribution is 2.30. The van der Waals surface area contributed by atoms with Crippen LogP contribution >= 0.6 is 0 Å². The molecule has 7 nitrogen and oxygen atoms in total. The molecule has 28 heavy (non-hydrogen) atoms. The van der Waals surface area contributed by atoms with Crippen LogP contribution in [0.1, 0.15) is 12.0 Å². The topological polar surface area (TPSA) is 97.3 Å². The molecule has 3 heterocycles. The molecule has 0 bridgehead atoms. The molecule has 7 heteroatoms. The van der Waals surface area contributed by atoms with Crippen molar-refractivity contribution in [2.24, 2.45) is 18.7 Å². The second kappa shape index (κ2) is 7.69. The number of rotatable bonds is 5. The van der Waals surface area contributed by atoms with Crippen LogP contribution in [0.4, 0.5) is 5.82 Å². The fourth-order valence-electron chi connectivity index (χ4n) is 3.76. The lowest BCUT2D eigenvalue weighted by molar-refractivity contribution is 0.238. The maximum Gasteiger partial charge on any atom is 0.264 e. The van der Waals surface area contributed by atoms with E-state index in [2.05, 4.69) is 22.0 Å². The molecule has 4 rings (SSSR count). The fraction of sp³-hybridized carbons (Fsp3) is 0.381. The lowest BCUT2D eigenvalue weighted by Gasteiger charge is -2.20. The Morgan fingerprint density at radius 1 is 1.29 bits per heavy atom. The average Bonchev–Trinajstić information content (AvgIpc) is 3.20. The Morgan fingerprint density at radius 3 is 2.75 bits per heavy atom. The van der Waals surface area contributed by atoms with Crippen LogP contribution in [0.5, 0.6) is 0 Å². The van der Waals surface area contributed by atoms with Crippen LogP contribution in [0.3, 0.4) is 0 Å². The van der Waals surface area contributed by atoms with E-state index in [9.17, 15) is 9.90 Å². The zero-order valence-corrected chi connectivity index (χ0v) is 16.0. The summed E-state index contributed by atoms with van der Waals surface area (Å²) in [7, 11) is 1.70. The fourth-order valence-corrected chi connectivity index (χ4v) is 3.76. The number of hydrogen-bond acceptors (Lipinski definition) is 6. The number of aromatic nitrogens is 3. The number of aliphatic hydroxyl groups excluding tert-OH is 1. The molecule has 1 saturated heterocycles. The number of fused-ring (bicyclic) bond motifs is 1. The smallest absolute Gasteiger partial charge is 0.264 e. The molecule has 1 fully saturated rings. The van der Waals surface area contributed by atoms with Gasteiger partial charge in [-0.15, -0.1) is 0 Å². The van der Waals surface area contributed by atoms with Gasteiger partial charge in [0, 0.05) is 38.2 Å². The van der Waals surface area contributed by atoms with Gasteiger partial charge in [-0.1, -0.05) is 24.3 Å². The summed E-state index contributed by atoms with van der Waals surface area (Å²) < 4.78 is 1.48. The van der Waals surface area contributed by atoms with E-state index in [-0.39, 0.29) is 18.1 Å². The molecule has 146 valence electrons. The van der Waals surface area contributed by atoms with Gasteiger partial charge in [0.25, 0.3) is 5.56 Å². The highest BCUT2D eigenvalue weighted by molar-refractivity contribution is 5.91. The van der Waals surface area contributed by atoms with Gasteiger partial charge in [0.05, 0.1) is 17.5 Å². The minimum atomic E-state index is -0.107. The van der Waals surface area contributed by atoms with Gasteiger partial charge in [-0.3, -0.25) is 4.79 Å². The van der Waals surface area contributed by atoms with Crippen molar-refractivity contribution in [1.29, 1.82) is 0 Å². The molecular formula is C21H25N5O2. The summed E-state index contributed by atoms with van der Waals surface area (Å²) in [6.45, 7) is 2.22. The number of aliphatic hydroxyl groups is 1. The summed E-state index contributed by atoms with van der Waals surface area (Å²) in [4.78, 5) is 24.3. The van der Waals surface area contributed by atoms with E-state index >= 15 is 0 Å². The van der Waals surface area contributed by atoms with Crippen LogP contribution < -0.4 is 16.2 Å². The van der Waals surface area contributed by atoms with Gasteiger partial charge in [-0.2, -0.15) is 0 Å². The first-order chi connectivity index (χ1) is 13.6. The Morgan fingerprint density at radius 2 is 2.07 bits per heavy atom. The quantitative estimate of drug-likeness (QED) is 0.694. The Bertz CT molecular complexity index is 1050. The van der Waals surface area contributed by atoms with Crippen molar-refractivity contribution < 1.29 is 5.11 Å². The molecule has 1 aliphatic rings. The third-order valence-electron chi connectivity index (χ3n) is 5.41. The summed E-state index contributed by atoms with van der Waals surface area (Å²) in [5.41, 5.74) is 9.12. The van der Waals surface area contributed by atoms with Crippen LogP contribution in [0, 0.1) is 5.92 Å². The van der Waals surface area contributed by atoms with Crippen molar-refractivity contribution in [3.8, 4) is 11.3 Å². The standard InChI is InChI=1S/C21H25N5O2/c1-25-13-23-18-10-17(16-4-2-14(3-5-16)6-8-22)24-20(19(18)21(25)28)26-9-7-15(11-26)12-27/h2-5,10,13,15,27H,6-9,11-12,22H2,1H3/t15-/m0/s1. The average molecular weight is 379 g/mol. The maximum atomic E-state index is 12.8. The lowest BCUT2D eigenvalue weighted by atomic mass is 10.1. The van der Waals surface area contributed by atoms with E-state index in [0.717, 1.165) is 30.6 Å². The number of anilines is 1. The number of nitrogens with zero attached hydrogens (tertiary/aromatic N) is 4. The molecule has 3 aromatic rings. The molecular weight excluding hydrogens is 354 g/mol. The zero-order valence-electron chi connectivity index (χ0n) is 16.0. The van der Waals surface area contributed by atoms with Crippen LogP contribution in [0.15, 0.2) is 41.5 Å². The molecule has 0 radical (unpaired) electrons. The minimum Gasteiger partial charge on any atom is -0.396 e. The summed E-state index contributed by atoms with van der Waals surface area (Å²) >= 11 is 0. The van der Waals surface area contributed by atoms with E-state index < -0.39 is 0 Å². The summed E-state index contributed by atoms with van der Waals surface area (Å²) in [5.74, 6) is 0.861. The van der Waals surface area contributed by atoms with Gasteiger partial charge in [-0.25, -0.2) is 9.97 Å². The molecule has 0 saturated carbocycles. The van der Waals surface area contributed by atoms with Crippen LogP contribution in [-0.2, 0) is 13.5 Å². The summed E-state index contributed by atoms with van der Waals surface area (Å²) in [6.07, 6.45) is 3.27. The SMILES string of the molecule is Cn1cnc2cc(-c3ccc(CCN)cc3)nc(N3CC[C@H](CO)C3)c2c1=O. The van der Waals surface area contributed by atoms with Gasteiger partial charge in [0.1, 0.15) is 11.2 Å². The lowest BCUT2D eigenvalue weighted by Crippen LogP contribution is -2.26. The zero-order chi connectivity index (χ0) is 19.7. The highest BCUT2D eigenvalue weighted by atomic mass is 16.3. The van der Waals surface area contributed by atoms with Crippen molar-refractivity contribution in [2.75, 3.05) is 31.1 Å². The molecule has 1 aromatic carbocycles. The second-order valence-corrected chi connectivity index (χ2v) is 7.40. The van der Waals surface area contributed by atoms with Crippen LogP contribution in [0.25, 0.3) is 22.2 Å². The molecule has 0 aliphatic carbocycles. The van der Waals surface area contributed by atoms with E-state index in [0.29, 0.717) is 29.8 Å². The predicted octanol–water partition coefficient (Wildman–Crippen LogP) is 1.32. The normalized spacial score (nSPS) is 16.8. The van der Waals surface area contributed by atoms with Crippen molar-refractivity contribution in [3.05, 3.63) is 52.6 Å². The third-order valence-corrected chi connectivity index (χ3v) is 5.41. The van der Waals surface area contributed by atoms with Crippen molar-refractivity contribution in [3.63, 3.8) is 0 Å². The second-order valence-electron chi connectivity index (χ2n) is 7.40. The van der Waals surface area contributed by atoms with E-state index in [1.165, 1.54) is 10.1 Å². The first kappa shape index (κ1) is 18.6. The predicted molar refractivity (Wildman–Crippen MR) is 110 cm³/mol. The van der Waals surface area contributed by atoms with E-state index in [4.69, 9.17) is 10.7 Å². The van der Waals surface area contributed by atoms with Crippen LogP contribution in [-0.4, -0.2) is 45.9 Å². The van der Waals surface area contributed by atoms with E-state index in [1.54, 1.807) is 13.4 Å². The maximum absolute atomic E-state index is 12.8. The molecule has 1 aliphatic heterocycles. The Labute approximate surface area is 163 Å². The van der Waals surface area contributed by atoms with Gasteiger partial charge in [-0.05, 0) is 31.0 Å². The first-order valence-corrected chi connectivity index (χ1v) is 9.62. The Hall–Kier alpha value is -2.77. The van der Waals surface area contributed by atoms with Gasteiger partial charge >= 0.3 is 0 Å². The number of aryl methyl sites for hydroxylation is 1. The van der Waals surface area contributed by atoms with Gasteiger partial charge in [0.15, 0.2) is 0 Å². The highest BCUT2D eigenvalue weighted by Gasteiger charge is 2.26. The molecule has 3 N–H and O–H groups in total. The third kappa shape index (κ3) is 3.39. The summed E-state index contributed by atoms with van der Waals surface area (Å²) in [6, 6.07) is 10.1. The number of benzene rings is 1. The van der Waals surface area contributed by atoms with Gasteiger partial charge in [0.2, 0.25) is 0 Å². The van der Waals surface area contributed by atoms with Crippen molar-refractivity contribution in [2.45, 2.75) is 12.8 Å². The number of nitrogens with two attached hydrogens (primary N) is 1. The number of pyridine rings is 1.